The smallest absolute Gasteiger partial charge is 0.0279 e. The third-order valence-corrected chi connectivity index (χ3v) is 7.81. The molecule has 1 aromatic rings. The van der Waals surface area contributed by atoms with E-state index in [0.29, 0.717) is 0 Å². The molecule has 0 spiro atoms. The molecule has 0 nitrogen and oxygen atoms in total. The summed E-state index contributed by atoms with van der Waals surface area (Å²) in [5, 5.41) is 0. The van der Waals surface area contributed by atoms with Crippen LogP contribution in [0.3, 0.4) is 0 Å². The largest absolute Gasteiger partial charge is 0.0622 e. The zero-order chi connectivity index (χ0) is 24.9. The van der Waals surface area contributed by atoms with Gasteiger partial charge in [0.25, 0.3) is 0 Å². The summed E-state index contributed by atoms with van der Waals surface area (Å²) in [5.74, 6) is 0. The average molecular weight is 484 g/mol. The lowest BCUT2D eigenvalue weighted by Gasteiger charge is -2.04. The molecule has 0 N–H and O–H groups in total. The molecule has 0 aliphatic carbocycles. The zero-order valence-corrected chi connectivity index (χ0v) is 23.9. The molecule has 1 rings (SSSR count). The number of rotatable bonds is 28. The fourth-order valence-electron chi connectivity index (χ4n) is 5.39. The molecule has 0 heteroatoms. The van der Waals surface area contributed by atoms with Crippen LogP contribution in [0.15, 0.2) is 30.3 Å². The van der Waals surface area contributed by atoms with Crippen molar-refractivity contribution < 1.29 is 0 Å². The van der Waals surface area contributed by atoms with Crippen LogP contribution in [0.5, 0.6) is 0 Å². The molecule has 0 saturated carbocycles. The Balaban J connectivity index is 1.63. The van der Waals surface area contributed by atoms with Gasteiger partial charge in [0.2, 0.25) is 0 Å². The fraction of sp³-hybridized carbons (Fsp3) is 0.800. The van der Waals surface area contributed by atoms with Gasteiger partial charge in [0.05, 0.1) is 0 Å². The molecule has 0 atom stereocenters. The third-order valence-electron chi connectivity index (χ3n) is 7.81. The van der Waals surface area contributed by atoms with E-state index in [1.165, 1.54) is 179 Å². The molecule has 0 amide bonds. The van der Waals surface area contributed by atoms with Gasteiger partial charge in [-0.05, 0) is 18.4 Å². The zero-order valence-electron chi connectivity index (χ0n) is 23.9. The maximum atomic E-state index is 3.92. The quantitative estimate of drug-likeness (QED) is 0.104. The first-order valence-electron chi connectivity index (χ1n) is 16.3. The van der Waals surface area contributed by atoms with E-state index in [-0.39, 0.29) is 0 Å². The molecule has 0 aromatic heterocycles. The average Bonchev–Trinajstić information content (AvgIpc) is 2.89. The molecule has 0 bridgehead atoms. The lowest BCUT2D eigenvalue weighted by molar-refractivity contribution is 0.515. The van der Waals surface area contributed by atoms with Crippen molar-refractivity contribution in [3.05, 3.63) is 42.8 Å². The summed E-state index contributed by atoms with van der Waals surface area (Å²) in [6.07, 6.45) is 40.3. The van der Waals surface area contributed by atoms with E-state index in [0.717, 1.165) is 6.42 Å². The van der Waals surface area contributed by atoms with Crippen LogP contribution in [-0.4, -0.2) is 0 Å². The van der Waals surface area contributed by atoms with E-state index in [1.807, 2.05) is 0 Å². The lowest BCUT2D eigenvalue weighted by Crippen LogP contribution is -1.86. The Bertz CT molecular complexity index is 490. The monoisotopic (exact) mass is 483 g/mol. The molecule has 0 heterocycles. The highest BCUT2D eigenvalue weighted by atomic mass is 14.0. The Kier molecular flexibility index (Phi) is 25.6. The number of unbranched alkanes of at least 4 members (excludes halogenated alkanes) is 26. The predicted octanol–water partition coefficient (Wildman–Crippen LogP) is 12.6. The summed E-state index contributed by atoms with van der Waals surface area (Å²) < 4.78 is 0. The summed E-state index contributed by atoms with van der Waals surface area (Å²) in [6.45, 7) is 3.92. The van der Waals surface area contributed by atoms with Gasteiger partial charge in [-0.15, -0.1) is 0 Å². The van der Waals surface area contributed by atoms with Gasteiger partial charge in [-0.1, -0.05) is 204 Å². The highest BCUT2D eigenvalue weighted by Gasteiger charge is 1.97. The maximum absolute atomic E-state index is 3.92. The molecule has 0 saturated heterocycles. The Morgan fingerprint density at radius 3 is 0.857 bits per heavy atom. The summed E-state index contributed by atoms with van der Waals surface area (Å²) >= 11 is 0. The minimum absolute atomic E-state index is 1.12. The van der Waals surface area contributed by atoms with Gasteiger partial charge in [0.1, 0.15) is 0 Å². The molecule has 0 aliphatic heterocycles. The number of aryl methyl sites for hydroxylation is 1. The van der Waals surface area contributed by atoms with Crippen molar-refractivity contribution in [2.45, 2.75) is 180 Å². The Labute approximate surface area is 222 Å². The molecule has 1 radical (unpaired) electrons. The second kappa shape index (κ2) is 27.8. The highest BCUT2D eigenvalue weighted by molar-refractivity contribution is 5.14. The van der Waals surface area contributed by atoms with Gasteiger partial charge in [-0.3, -0.25) is 0 Å². The van der Waals surface area contributed by atoms with Crippen molar-refractivity contribution in [1.82, 2.24) is 0 Å². The summed E-state index contributed by atoms with van der Waals surface area (Å²) in [5.41, 5.74) is 1.51. The highest BCUT2D eigenvalue weighted by Crippen LogP contribution is 2.16. The molecular weight excluding hydrogens is 420 g/mol. The summed E-state index contributed by atoms with van der Waals surface area (Å²) in [6, 6.07) is 11.0. The first-order chi connectivity index (χ1) is 17.4. The van der Waals surface area contributed by atoms with Crippen molar-refractivity contribution in [1.29, 1.82) is 0 Å². The van der Waals surface area contributed by atoms with Crippen molar-refractivity contribution in [3.63, 3.8) is 0 Å². The number of hydrogen-bond acceptors (Lipinski definition) is 0. The minimum Gasteiger partial charge on any atom is -0.0622 e. The van der Waals surface area contributed by atoms with Gasteiger partial charge >= 0.3 is 0 Å². The second-order valence-electron chi connectivity index (χ2n) is 11.3. The van der Waals surface area contributed by atoms with E-state index in [9.17, 15) is 0 Å². The summed E-state index contributed by atoms with van der Waals surface area (Å²) in [7, 11) is 0. The van der Waals surface area contributed by atoms with Gasteiger partial charge in [0, 0.05) is 0 Å². The van der Waals surface area contributed by atoms with Gasteiger partial charge in [0.15, 0.2) is 0 Å². The fourth-order valence-corrected chi connectivity index (χ4v) is 5.39. The second-order valence-corrected chi connectivity index (χ2v) is 11.3. The van der Waals surface area contributed by atoms with Crippen molar-refractivity contribution >= 4 is 0 Å². The van der Waals surface area contributed by atoms with Crippen molar-refractivity contribution in [3.8, 4) is 0 Å². The summed E-state index contributed by atoms with van der Waals surface area (Å²) in [4.78, 5) is 0. The van der Waals surface area contributed by atoms with E-state index in [4.69, 9.17) is 0 Å². The predicted molar refractivity (Wildman–Crippen MR) is 160 cm³/mol. The van der Waals surface area contributed by atoms with Crippen LogP contribution in [0.1, 0.15) is 179 Å². The van der Waals surface area contributed by atoms with Crippen LogP contribution in [-0.2, 0) is 6.42 Å². The van der Waals surface area contributed by atoms with Crippen LogP contribution in [0.2, 0.25) is 0 Å². The van der Waals surface area contributed by atoms with E-state index in [1.54, 1.807) is 0 Å². The molecular formula is C35H63. The third kappa shape index (κ3) is 24.7. The molecule has 0 aliphatic rings. The van der Waals surface area contributed by atoms with Crippen LogP contribution < -0.4 is 0 Å². The maximum Gasteiger partial charge on any atom is -0.0279 e. The van der Waals surface area contributed by atoms with Crippen LogP contribution in [0.4, 0.5) is 0 Å². The molecule has 0 unspecified atom stereocenters. The van der Waals surface area contributed by atoms with Crippen LogP contribution >= 0.6 is 0 Å². The molecule has 35 heavy (non-hydrogen) atoms. The molecule has 0 fully saturated rings. The van der Waals surface area contributed by atoms with Crippen LogP contribution in [0.25, 0.3) is 0 Å². The SMILES string of the molecule is [CH2]CCCCCCCCCCCCCCCCCCCCCCCCCCCCc1ccccc1. The van der Waals surface area contributed by atoms with Gasteiger partial charge < -0.3 is 0 Å². The number of hydrogen-bond donors (Lipinski definition) is 0. The molecule has 1 aromatic carbocycles. The van der Waals surface area contributed by atoms with Gasteiger partial charge in [-0.25, -0.2) is 0 Å². The van der Waals surface area contributed by atoms with Crippen molar-refractivity contribution in [2.75, 3.05) is 0 Å². The Morgan fingerprint density at radius 1 is 0.314 bits per heavy atom. The van der Waals surface area contributed by atoms with E-state index >= 15 is 0 Å². The number of benzene rings is 1. The first-order valence-corrected chi connectivity index (χ1v) is 16.3. The van der Waals surface area contributed by atoms with Crippen LogP contribution in [0, 0.1) is 6.92 Å². The minimum atomic E-state index is 1.12. The van der Waals surface area contributed by atoms with Gasteiger partial charge in [-0.2, -0.15) is 0 Å². The molecule has 203 valence electrons. The first kappa shape index (κ1) is 32.2. The Morgan fingerprint density at radius 2 is 0.571 bits per heavy atom. The van der Waals surface area contributed by atoms with E-state index in [2.05, 4.69) is 37.3 Å². The standard InChI is InChI=1S/C35H63/c1-2-3-4-5-6-7-8-9-10-11-12-13-14-15-16-17-18-19-20-21-22-23-24-25-26-27-29-32-35-33-30-28-31-34-35/h28,30-31,33-34H,1-27,29,32H2. The Hall–Kier alpha value is -0.780. The normalized spacial score (nSPS) is 11.3. The topological polar surface area (TPSA) is 0 Å². The lowest BCUT2D eigenvalue weighted by atomic mass is 10.0. The van der Waals surface area contributed by atoms with E-state index < -0.39 is 0 Å². The van der Waals surface area contributed by atoms with Crippen molar-refractivity contribution in [2.24, 2.45) is 0 Å².